The molecule has 1 aliphatic rings. The highest BCUT2D eigenvalue weighted by molar-refractivity contribution is 9.10. The molecule has 0 atom stereocenters. The van der Waals surface area contributed by atoms with Crippen molar-refractivity contribution >= 4 is 21.6 Å². The number of anilines is 1. The number of benzene rings is 1. The van der Waals surface area contributed by atoms with Gasteiger partial charge in [-0.2, -0.15) is 13.2 Å². The van der Waals surface area contributed by atoms with Crippen LogP contribution in [-0.2, 0) is 6.18 Å². The van der Waals surface area contributed by atoms with Gasteiger partial charge in [0.15, 0.2) is 0 Å². The molecule has 1 aliphatic carbocycles. The first-order chi connectivity index (χ1) is 9.16. The van der Waals surface area contributed by atoms with Crippen LogP contribution in [0.4, 0.5) is 27.6 Å². The van der Waals surface area contributed by atoms with Crippen molar-refractivity contribution in [2.24, 2.45) is 0 Å². The summed E-state index contributed by atoms with van der Waals surface area (Å²) in [5, 5.41) is 2.91. The number of halogens is 6. The van der Waals surface area contributed by atoms with Crippen molar-refractivity contribution in [2.45, 2.75) is 43.8 Å². The van der Waals surface area contributed by atoms with Gasteiger partial charge in [0.25, 0.3) is 0 Å². The standard InChI is InChI=1S/C13H13BrF5N/c14-9-5-8(13(17,18)19)6-11(7-9)20-10-1-3-12(15,16)4-2-10/h5-7,10,20H,1-4H2. The third kappa shape index (κ3) is 4.07. The molecule has 0 heterocycles. The molecule has 1 aromatic carbocycles. The predicted molar refractivity (Wildman–Crippen MR) is 70.0 cm³/mol. The normalized spacial score (nSPS) is 19.9. The lowest BCUT2D eigenvalue weighted by Gasteiger charge is -2.29. The smallest absolute Gasteiger partial charge is 0.382 e. The van der Waals surface area contributed by atoms with Gasteiger partial charge < -0.3 is 5.32 Å². The Hall–Kier alpha value is -0.850. The fourth-order valence-electron chi connectivity index (χ4n) is 2.26. The quantitative estimate of drug-likeness (QED) is 0.693. The second kappa shape index (κ2) is 5.50. The molecule has 20 heavy (non-hydrogen) atoms. The van der Waals surface area contributed by atoms with Gasteiger partial charge >= 0.3 is 6.18 Å². The van der Waals surface area contributed by atoms with Crippen molar-refractivity contribution in [1.82, 2.24) is 0 Å². The van der Waals surface area contributed by atoms with Gasteiger partial charge in [0.1, 0.15) is 0 Å². The third-order valence-electron chi connectivity index (χ3n) is 3.31. The Kier molecular flexibility index (Phi) is 4.27. The second-order valence-electron chi connectivity index (χ2n) is 5.00. The molecule has 2 rings (SSSR count). The summed E-state index contributed by atoms with van der Waals surface area (Å²) in [5.41, 5.74) is -0.475. The molecule has 1 N–H and O–H groups in total. The van der Waals surface area contributed by atoms with E-state index < -0.39 is 17.7 Å². The molecular weight excluding hydrogens is 345 g/mol. The summed E-state index contributed by atoms with van der Waals surface area (Å²) in [5.74, 6) is -2.65. The van der Waals surface area contributed by atoms with Crippen LogP contribution in [0.15, 0.2) is 22.7 Å². The van der Waals surface area contributed by atoms with Gasteiger partial charge in [-0.1, -0.05) is 15.9 Å². The van der Waals surface area contributed by atoms with E-state index in [1.807, 2.05) is 0 Å². The zero-order valence-electron chi connectivity index (χ0n) is 10.4. The van der Waals surface area contributed by atoms with Crippen LogP contribution in [-0.4, -0.2) is 12.0 Å². The van der Waals surface area contributed by atoms with Gasteiger partial charge in [0.2, 0.25) is 5.92 Å². The summed E-state index contributed by atoms with van der Waals surface area (Å²) in [6.07, 6.45) is -4.39. The number of hydrogen-bond acceptors (Lipinski definition) is 1. The highest BCUT2D eigenvalue weighted by Crippen LogP contribution is 2.36. The number of hydrogen-bond donors (Lipinski definition) is 1. The molecule has 0 bridgehead atoms. The summed E-state index contributed by atoms with van der Waals surface area (Å²) < 4.78 is 64.4. The van der Waals surface area contributed by atoms with Crippen LogP contribution >= 0.6 is 15.9 Å². The fourth-order valence-corrected chi connectivity index (χ4v) is 2.75. The maximum Gasteiger partial charge on any atom is 0.416 e. The third-order valence-corrected chi connectivity index (χ3v) is 3.77. The van der Waals surface area contributed by atoms with Crippen LogP contribution in [0.25, 0.3) is 0 Å². The van der Waals surface area contributed by atoms with Gasteiger partial charge in [-0.05, 0) is 31.0 Å². The van der Waals surface area contributed by atoms with E-state index in [2.05, 4.69) is 21.2 Å². The van der Waals surface area contributed by atoms with Gasteiger partial charge in [-0.25, -0.2) is 8.78 Å². The van der Waals surface area contributed by atoms with Crippen molar-refractivity contribution in [1.29, 1.82) is 0 Å². The predicted octanol–water partition coefficient (Wildman–Crippen LogP) is 5.46. The van der Waals surface area contributed by atoms with Gasteiger partial charge in [-0.15, -0.1) is 0 Å². The van der Waals surface area contributed by atoms with Gasteiger partial charge in [-0.3, -0.25) is 0 Å². The molecule has 0 spiro atoms. The molecule has 0 saturated heterocycles. The first-order valence-electron chi connectivity index (χ1n) is 6.18. The topological polar surface area (TPSA) is 12.0 Å². The summed E-state index contributed by atoms with van der Waals surface area (Å²) in [6.45, 7) is 0. The zero-order chi connectivity index (χ0) is 15.0. The second-order valence-corrected chi connectivity index (χ2v) is 5.92. The monoisotopic (exact) mass is 357 g/mol. The minimum absolute atomic E-state index is 0.218. The van der Waals surface area contributed by atoms with Gasteiger partial charge in [0.05, 0.1) is 5.56 Å². The molecule has 7 heteroatoms. The van der Waals surface area contributed by atoms with E-state index in [0.717, 1.165) is 12.1 Å². The number of rotatable bonds is 2. The van der Waals surface area contributed by atoms with E-state index in [-0.39, 0.29) is 31.7 Å². The lowest BCUT2D eigenvalue weighted by Crippen LogP contribution is -2.32. The average molecular weight is 358 g/mol. The van der Waals surface area contributed by atoms with E-state index in [9.17, 15) is 22.0 Å². The lowest BCUT2D eigenvalue weighted by atomic mass is 9.92. The zero-order valence-corrected chi connectivity index (χ0v) is 12.0. The van der Waals surface area contributed by atoms with E-state index in [1.54, 1.807) is 0 Å². The highest BCUT2D eigenvalue weighted by atomic mass is 79.9. The number of alkyl halides is 5. The Balaban J connectivity index is 2.09. The van der Waals surface area contributed by atoms with Crippen molar-refractivity contribution in [3.8, 4) is 0 Å². The molecule has 112 valence electrons. The maximum absolute atomic E-state index is 13.0. The largest absolute Gasteiger partial charge is 0.416 e. The molecule has 1 aromatic rings. The Morgan fingerprint density at radius 1 is 1.10 bits per heavy atom. The van der Waals surface area contributed by atoms with Crippen LogP contribution < -0.4 is 5.32 Å². The molecule has 0 aromatic heterocycles. The van der Waals surface area contributed by atoms with Gasteiger partial charge in [0, 0.05) is 29.0 Å². The van der Waals surface area contributed by atoms with Crippen LogP contribution in [0.3, 0.4) is 0 Å². The molecule has 0 radical (unpaired) electrons. The molecule has 0 amide bonds. The van der Waals surface area contributed by atoms with E-state index >= 15 is 0 Å². The maximum atomic E-state index is 13.0. The van der Waals surface area contributed by atoms with E-state index in [0.29, 0.717) is 10.2 Å². The Bertz CT molecular complexity index is 476. The molecule has 1 nitrogen and oxygen atoms in total. The molecular formula is C13H13BrF5N. The minimum atomic E-state index is -4.43. The fraction of sp³-hybridized carbons (Fsp3) is 0.538. The first-order valence-corrected chi connectivity index (χ1v) is 6.97. The summed E-state index contributed by atoms with van der Waals surface area (Å²) >= 11 is 3.03. The summed E-state index contributed by atoms with van der Waals surface area (Å²) in [4.78, 5) is 0. The minimum Gasteiger partial charge on any atom is -0.382 e. The summed E-state index contributed by atoms with van der Waals surface area (Å²) in [6, 6.07) is 3.28. The first kappa shape index (κ1) is 15.5. The molecule has 0 unspecified atom stereocenters. The summed E-state index contributed by atoms with van der Waals surface area (Å²) in [7, 11) is 0. The Labute approximate surface area is 121 Å². The van der Waals surface area contributed by atoms with Crippen molar-refractivity contribution < 1.29 is 22.0 Å². The van der Waals surface area contributed by atoms with Crippen LogP contribution in [0, 0.1) is 0 Å². The van der Waals surface area contributed by atoms with Crippen LogP contribution in [0.2, 0.25) is 0 Å². The van der Waals surface area contributed by atoms with E-state index in [1.165, 1.54) is 6.07 Å². The van der Waals surface area contributed by atoms with Crippen LogP contribution in [0.1, 0.15) is 31.2 Å². The Morgan fingerprint density at radius 2 is 1.70 bits per heavy atom. The molecule has 0 aliphatic heterocycles. The van der Waals surface area contributed by atoms with Crippen LogP contribution in [0.5, 0.6) is 0 Å². The van der Waals surface area contributed by atoms with Crippen molar-refractivity contribution in [3.05, 3.63) is 28.2 Å². The molecule has 1 fully saturated rings. The number of nitrogens with one attached hydrogen (secondary N) is 1. The van der Waals surface area contributed by atoms with Crippen molar-refractivity contribution in [3.63, 3.8) is 0 Å². The highest BCUT2D eigenvalue weighted by Gasteiger charge is 2.35. The Morgan fingerprint density at radius 3 is 2.25 bits per heavy atom. The SMILES string of the molecule is FC1(F)CCC(Nc2cc(Br)cc(C(F)(F)F)c2)CC1. The molecule has 1 saturated carbocycles. The average Bonchev–Trinajstić information content (AvgIpc) is 2.30. The lowest BCUT2D eigenvalue weighted by molar-refractivity contribution is -0.137. The van der Waals surface area contributed by atoms with Crippen molar-refractivity contribution in [2.75, 3.05) is 5.32 Å². The van der Waals surface area contributed by atoms with E-state index in [4.69, 9.17) is 0 Å².